The number of halogens is 1. The predicted octanol–water partition coefficient (Wildman–Crippen LogP) is 1.61. The second kappa shape index (κ2) is 3.99. The smallest absolute Gasteiger partial charge is 0.240 e. The molecule has 1 heterocycles. The Kier molecular flexibility index (Phi) is 2.91. The van der Waals surface area contributed by atoms with E-state index in [4.69, 9.17) is 11.5 Å². The Bertz CT molecular complexity index is 485. The van der Waals surface area contributed by atoms with Crippen molar-refractivity contribution in [3.05, 3.63) is 22.2 Å². The Morgan fingerprint density at radius 3 is 2.76 bits per heavy atom. The molecule has 0 aliphatic carbocycles. The van der Waals surface area contributed by atoms with Gasteiger partial charge in [-0.25, -0.2) is 0 Å². The van der Waals surface area contributed by atoms with E-state index in [1.54, 1.807) is 4.90 Å². The quantitative estimate of drug-likeness (QED) is 0.774. The second-order valence-electron chi connectivity index (χ2n) is 4.96. The average molecular weight is 298 g/mol. The molecule has 2 rings (SSSR count). The van der Waals surface area contributed by atoms with Gasteiger partial charge in [0.25, 0.3) is 0 Å². The number of carbonyl (C=O) groups is 1. The van der Waals surface area contributed by atoms with Crippen molar-refractivity contribution in [3.63, 3.8) is 0 Å². The number of fused-ring (bicyclic) bond motifs is 1. The third-order valence-electron chi connectivity index (χ3n) is 3.13. The molecular weight excluding hydrogens is 282 g/mol. The molecule has 1 aliphatic heterocycles. The van der Waals surface area contributed by atoms with Crippen molar-refractivity contribution in [1.29, 1.82) is 0 Å². The van der Waals surface area contributed by atoms with E-state index in [1.807, 2.05) is 12.1 Å². The first kappa shape index (κ1) is 12.4. The lowest BCUT2D eigenvalue weighted by Crippen LogP contribution is -2.38. The van der Waals surface area contributed by atoms with Crippen LogP contribution in [0.2, 0.25) is 0 Å². The first-order valence-electron chi connectivity index (χ1n) is 5.47. The van der Waals surface area contributed by atoms with E-state index in [0.717, 1.165) is 15.7 Å². The fourth-order valence-corrected chi connectivity index (χ4v) is 2.80. The topological polar surface area (TPSA) is 72.3 Å². The third kappa shape index (κ3) is 1.93. The number of hydrogen-bond donors (Lipinski definition) is 2. The van der Waals surface area contributed by atoms with Gasteiger partial charge in [0.15, 0.2) is 0 Å². The molecule has 92 valence electrons. The molecule has 0 spiro atoms. The Morgan fingerprint density at radius 2 is 2.18 bits per heavy atom. The summed E-state index contributed by atoms with van der Waals surface area (Å²) in [5, 5.41) is 0. The van der Waals surface area contributed by atoms with Gasteiger partial charge in [-0.15, -0.1) is 0 Å². The van der Waals surface area contributed by atoms with Crippen LogP contribution in [0.4, 0.5) is 11.4 Å². The van der Waals surface area contributed by atoms with Gasteiger partial charge in [0.05, 0.1) is 17.9 Å². The van der Waals surface area contributed by atoms with E-state index < -0.39 is 0 Å². The Hall–Kier alpha value is -1.07. The molecule has 0 saturated carbocycles. The first-order chi connectivity index (χ1) is 7.86. The lowest BCUT2D eigenvalue weighted by molar-refractivity contribution is -0.117. The molecule has 1 amide bonds. The van der Waals surface area contributed by atoms with E-state index >= 15 is 0 Å². The van der Waals surface area contributed by atoms with E-state index in [2.05, 4.69) is 29.8 Å². The van der Waals surface area contributed by atoms with Gasteiger partial charge >= 0.3 is 0 Å². The number of nitrogens with two attached hydrogens (primary N) is 2. The van der Waals surface area contributed by atoms with Crippen LogP contribution in [-0.4, -0.2) is 19.0 Å². The normalized spacial score (nSPS) is 17.1. The molecule has 0 unspecified atom stereocenters. The molecule has 0 saturated heterocycles. The number of anilines is 2. The highest BCUT2D eigenvalue weighted by atomic mass is 79.9. The molecule has 1 aliphatic rings. The van der Waals surface area contributed by atoms with Gasteiger partial charge in [0.2, 0.25) is 5.91 Å². The van der Waals surface area contributed by atoms with E-state index in [1.165, 1.54) is 0 Å². The van der Waals surface area contributed by atoms with Gasteiger partial charge in [-0.3, -0.25) is 4.79 Å². The van der Waals surface area contributed by atoms with Gasteiger partial charge in [-0.2, -0.15) is 0 Å². The van der Waals surface area contributed by atoms with Crippen molar-refractivity contribution in [3.8, 4) is 0 Å². The Morgan fingerprint density at radius 1 is 1.53 bits per heavy atom. The zero-order valence-corrected chi connectivity index (χ0v) is 11.5. The Balaban J connectivity index is 2.61. The van der Waals surface area contributed by atoms with Crippen LogP contribution in [0.1, 0.15) is 19.4 Å². The summed E-state index contributed by atoms with van der Waals surface area (Å²) in [5.74, 6) is -0.0918. The summed E-state index contributed by atoms with van der Waals surface area (Å²) >= 11 is 3.43. The van der Waals surface area contributed by atoms with Crippen LogP contribution >= 0.6 is 15.9 Å². The minimum Gasteiger partial charge on any atom is -0.397 e. The maximum atomic E-state index is 11.8. The van der Waals surface area contributed by atoms with E-state index in [0.29, 0.717) is 12.2 Å². The van der Waals surface area contributed by atoms with E-state index in [-0.39, 0.29) is 17.9 Å². The molecule has 0 radical (unpaired) electrons. The van der Waals surface area contributed by atoms with Crippen LogP contribution < -0.4 is 16.4 Å². The molecule has 1 aromatic rings. The van der Waals surface area contributed by atoms with Crippen molar-refractivity contribution in [1.82, 2.24) is 0 Å². The SMILES string of the molecule is CC1(C)CN(C(=O)CN)c2c(N)cc(Br)cc21. The summed E-state index contributed by atoms with van der Waals surface area (Å²) in [6, 6.07) is 3.84. The molecule has 1 aromatic carbocycles. The maximum Gasteiger partial charge on any atom is 0.240 e. The molecule has 17 heavy (non-hydrogen) atoms. The van der Waals surface area contributed by atoms with Crippen molar-refractivity contribution in [2.45, 2.75) is 19.3 Å². The molecular formula is C12H16BrN3O. The number of carbonyl (C=O) groups excluding carboxylic acids is 1. The molecule has 0 atom stereocenters. The third-order valence-corrected chi connectivity index (χ3v) is 3.59. The molecule has 4 N–H and O–H groups in total. The second-order valence-corrected chi connectivity index (χ2v) is 5.87. The van der Waals surface area contributed by atoms with Crippen molar-refractivity contribution in [2.75, 3.05) is 23.7 Å². The lowest BCUT2D eigenvalue weighted by Gasteiger charge is -2.20. The van der Waals surface area contributed by atoms with E-state index in [9.17, 15) is 4.79 Å². The summed E-state index contributed by atoms with van der Waals surface area (Å²) in [6.45, 7) is 4.83. The van der Waals surface area contributed by atoms with Gasteiger partial charge < -0.3 is 16.4 Å². The highest BCUT2D eigenvalue weighted by molar-refractivity contribution is 9.10. The van der Waals surface area contributed by atoms with Gasteiger partial charge in [-0.1, -0.05) is 29.8 Å². The number of nitrogen functional groups attached to an aromatic ring is 1. The standard InChI is InChI=1S/C12H16BrN3O/c1-12(2)6-16(10(17)5-14)11-8(12)3-7(13)4-9(11)15/h3-4H,5-6,14-15H2,1-2H3. The number of rotatable bonds is 1. The summed E-state index contributed by atoms with van der Waals surface area (Å²) in [6.07, 6.45) is 0. The molecule has 0 aromatic heterocycles. The molecule has 5 heteroatoms. The van der Waals surface area contributed by atoms with Crippen LogP contribution in [0.3, 0.4) is 0 Å². The van der Waals surface area contributed by atoms with Crippen molar-refractivity contribution < 1.29 is 4.79 Å². The number of nitrogens with zero attached hydrogens (tertiary/aromatic N) is 1. The summed E-state index contributed by atoms with van der Waals surface area (Å²) < 4.78 is 0.934. The molecule has 0 fully saturated rings. The van der Waals surface area contributed by atoms with Crippen LogP contribution in [0.5, 0.6) is 0 Å². The Labute approximate surface area is 109 Å². The van der Waals surface area contributed by atoms with Gasteiger partial charge in [0.1, 0.15) is 0 Å². The predicted molar refractivity (Wildman–Crippen MR) is 73.0 cm³/mol. The van der Waals surface area contributed by atoms with Crippen LogP contribution in [-0.2, 0) is 10.2 Å². The fourth-order valence-electron chi connectivity index (χ4n) is 2.32. The van der Waals surface area contributed by atoms with Crippen molar-refractivity contribution >= 4 is 33.2 Å². The summed E-state index contributed by atoms with van der Waals surface area (Å²) in [5.41, 5.74) is 13.9. The van der Waals surface area contributed by atoms with Crippen LogP contribution in [0.15, 0.2) is 16.6 Å². The fraction of sp³-hybridized carbons (Fsp3) is 0.417. The van der Waals surface area contributed by atoms with Gasteiger partial charge in [-0.05, 0) is 17.7 Å². The summed E-state index contributed by atoms with van der Waals surface area (Å²) in [4.78, 5) is 13.5. The highest BCUT2D eigenvalue weighted by Crippen LogP contribution is 2.45. The van der Waals surface area contributed by atoms with Gasteiger partial charge in [0, 0.05) is 16.4 Å². The van der Waals surface area contributed by atoms with Crippen LogP contribution in [0, 0.1) is 0 Å². The minimum absolute atomic E-state index is 0.00498. The number of benzene rings is 1. The number of amides is 1. The number of hydrogen-bond acceptors (Lipinski definition) is 3. The maximum absolute atomic E-state index is 11.8. The van der Waals surface area contributed by atoms with Crippen molar-refractivity contribution in [2.24, 2.45) is 5.73 Å². The average Bonchev–Trinajstić information content (AvgIpc) is 2.50. The molecule has 4 nitrogen and oxygen atoms in total. The largest absolute Gasteiger partial charge is 0.397 e. The van der Waals surface area contributed by atoms with Crippen LogP contribution in [0.25, 0.3) is 0 Å². The lowest BCUT2D eigenvalue weighted by atomic mass is 9.87. The first-order valence-corrected chi connectivity index (χ1v) is 6.26. The zero-order chi connectivity index (χ0) is 12.8. The monoisotopic (exact) mass is 297 g/mol. The highest BCUT2D eigenvalue weighted by Gasteiger charge is 2.39. The summed E-state index contributed by atoms with van der Waals surface area (Å²) in [7, 11) is 0. The molecule has 0 bridgehead atoms. The minimum atomic E-state index is -0.0991. The zero-order valence-electron chi connectivity index (χ0n) is 9.96.